The number of nitrogens with zero attached hydrogens (tertiary/aromatic N) is 4. The molecule has 29 heavy (non-hydrogen) atoms. The zero-order valence-corrected chi connectivity index (χ0v) is 16.7. The Balaban J connectivity index is 1.25. The summed E-state index contributed by atoms with van der Waals surface area (Å²) in [6.45, 7) is 4.25. The average molecular weight is 397 g/mol. The van der Waals surface area contributed by atoms with Crippen LogP contribution in [0.15, 0.2) is 24.3 Å². The van der Waals surface area contributed by atoms with Crippen LogP contribution in [0, 0.1) is 23.6 Å². The Morgan fingerprint density at radius 2 is 1.93 bits per heavy atom. The number of carbonyl (C=O) groups is 1. The maximum atomic E-state index is 13.4. The molecule has 0 spiro atoms. The Kier molecular flexibility index (Phi) is 5.08. The minimum Gasteiger partial charge on any atom is -0.319 e. The summed E-state index contributed by atoms with van der Waals surface area (Å²) in [6, 6.07) is 5.91. The highest BCUT2D eigenvalue weighted by atomic mass is 19.1. The molecule has 2 fully saturated rings. The Bertz CT molecular complexity index is 891. The van der Waals surface area contributed by atoms with Crippen molar-refractivity contribution in [3.8, 4) is 0 Å². The number of fused-ring (bicyclic) bond motifs is 2. The molecule has 0 bridgehead atoms. The second-order valence-electron chi connectivity index (χ2n) is 8.96. The van der Waals surface area contributed by atoms with E-state index in [0.717, 1.165) is 37.8 Å². The fourth-order valence-electron chi connectivity index (χ4n) is 5.43. The summed E-state index contributed by atoms with van der Waals surface area (Å²) >= 11 is 0. The normalized spacial score (nSPS) is 24.9. The lowest BCUT2D eigenvalue weighted by Crippen LogP contribution is -2.31. The van der Waals surface area contributed by atoms with Crippen molar-refractivity contribution in [3.63, 3.8) is 0 Å². The third-order valence-electron chi connectivity index (χ3n) is 6.87. The molecule has 1 aromatic carbocycles. The predicted octanol–water partition coefficient (Wildman–Crippen LogP) is 3.35. The first kappa shape index (κ1) is 18.7. The van der Waals surface area contributed by atoms with Crippen LogP contribution in [-0.4, -0.2) is 45.2 Å². The molecule has 7 heteroatoms. The van der Waals surface area contributed by atoms with Gasteiger partial charge in [0.1, 0.15) is 11.6 Å². The van der Waals surface area contributed by atoms with E-state index in [1.54, 1.807) is 12.1 Å². The van der Waals surface area contributed by atoms with Crippen molar-refractivity contribution in [1.29, 1.82) is 0 Å². The van der Waals surface area contributed by atoms with Crippen LogP contribution in [0.1, 0.15) is 48.5 Å². The van der Waals surface area contributed by atoms with Crippen LogP contribution in [0.5, 0.6) is 0 Å². The molecule has 1 aliphatic carbocycles. The van der Waals surface area contributed by atoms with Gasteiger partial charge in [-0.05, 0) is 48.8 Å². The van der Waals surface area contributed by atoms with Crippen LogP contribution in [0.4, 0.5) is 10.1 Å². The van der Waals surface area contributed by atoms with E-state index >= 15 is 0 Å². The number of hydrogen-bond donors (Lipinski definition) is 1. The number of benzene rings is 1. The number of hydrogen-bond acceptors (Lipinski definition) is 4. The van der Waals surface area contributed by atoms with E-state index in [-0.39, 0.29) is 11.7 Å². The molecular weight excluding hydrogens is 369 g/mol. The van der Waals surface area contributed by atoms with Crippen LogP contribution in [0.2, 0.25) is 0 Å². The fourth-order valence-corrected chi connectivity index (χ4v) is 5.43. The van der Waals surface area contributed by atoms with Crippen LogP contribution >= 0.6 is 0 Å². The number of nitrogens with one attached hydrogen (secondary N) is 1. The minimum absolute atomic E-state index is 0.327. The zero-order valence-electron chi connectivity index (χ0n) is 16.7. The van der Waals surface area contributed by atoms with Crippen molar-refractivity contribution < 1.29 is 9.18 Å². The standard InChI is InChI=1S/C22H28FN5O/c23-18-7-4-8-19(10-18)24-22(29)21-26-25-20-9-16-12-27(13-17(16)14-28(20)21)11-15-5-2-1-3-6-15/h4,7-8,10,15-17H,1-3,5-6,9,11-14H2,(H,24,29)/t16-,17-/m1/s1. The Morgan fingerprint density at radius 1 is 1.10 bits per heavy atom. The van der Waals surface area contributed by atoms with E-state index in [1.165, 1.54) is 50.8 Å². The molecule has 154 valence electrons. The number of halogens is 1. The summed E-state index contributed by atoms with van der Waals surface area (Å²) in [5.74, 6) is 2.53. The molecule has 2 aliphatic heterocycles. The predicted molar refractivity (Wildman–Crippen MR) is 108 cm³/mol. The van der Waals surface area contributed by atoms with Crippen molar-refractivity contribution in [2.45, 2.75) is 45.1 Å². The molecular formula is C22H28FN5O. The van der Waals surface area contributed by atoms with Crippen LogP contribution in [0.25, 0.3) is 0 Å². The van der Waals surface area contributed by atoms with Gasteiger partial charge in [-0.25, -0.2) is 4.39 Å². The molecule has 5 rings (SSSR count). The summed E-state index contributed by atoms with van der Waals surface area (Å²) < 4.78 is 15.4. The number of anilines is 1. The van der Waals surface area contributed by atoms with Crippen molar-refractivity contribution >= 4 is 11.6 Å². The second kappa shape index (κ2) is 7.86. The molecule has 0 unspecified atom stereocenters. The number of aromatic nitrogens is 3. The fraction of sp³-hybridized carbons (Fsp3) is 0.591. The minimum atomic E-state index is -0.377. The molecule has 1 saturated heterocycles. The van der Waals surface area contributed by atoms with E-state index in [9.17, 15) is 9.18 Å². The molecule has 2 aromatic rings. The summed E-state index contributed by atoms with van der Waals surface area (Å²) in [7, 11) is 0. The Hall–Kier alpha value is -2.28. The van der Waals surface area contributed by atoms with Gasteiger partial charge in [0.15, 0.2) is 0 Å². The van der Waals surface area contributed by atoms with Gasteiger partial charge in [-0.1, -0.05) is 25.3 Å². The Morgan fingerprint density at radius 3 is 2.76 bits per heavy atom. The van der Waals surface area contributed by atoms with Gasteiger partial charge in [-0.3, -0.25) is 4.79 Å². The molecule has 1 amide bonds. The highest BCUT2D eigenvalue weighted by Crippen LogP contribution is 2.34. The van der Waals surface area contributed by atoms with Gasteiger partial charge in [-0.2, -0.15) is 0 Å². The van der Waals surface area contributed by atoms with Gasteiger partial charge >= 0.3 is 0 Å². The third kappa shape index (κ3) is 3.92. The van der Waals surface area contributed by atoms with Gasteiger partial charge in [-0.15, -0.1) is 10.2 Å². The first-order chi connectivity index (χ1) is 14.2. The number of amides is 1. The van der Waals surface area contributed by atoms with Gasteiger partial charge < -0.3 is 14.8 Å². The van der Waals surface area contributed by atoms with Gasteiger partial charge in [0.05, 0.1) is 0 Å². The van der Waals surface area contributed by atoms with Crippen molar-refractivity contribution in [1.82, 2.24) is 19.7 Å². The lowest BCUT2D eigenvalue weighted by molar-refractivity contribution is 0.100. The maximum absolute atomic E-state index is 13.4. The summed E-state index contributed by atoms with van der Waals surface area (Å²) in [6.07, 6.45) is 7.80. The first-order valence-corrected chi connectivity index (χ1v) is 10.9. The van der Waals surface area contributed by atoms with E-state index in [1.807, 2.05) is 4.57 Å². The van der Waals surface area contributed by atoms with Gasteiger partial charge in [0.2, 0.25) is 5.82 Å². The van der Waals surface area contributed by atoms with Crippen molar-refractivity contribution in [2.75, 3.05) is 25.0 Å². The zero-order chi connectivity index (χ0) is 19.8. The molecule has 1 aromatic heterocycles. The van der Waals surface area contributed by atoms with E-state index in [0.29, 0.717) is 23.3 Å². The SMILES string of the molecule is O=C(Nc1cccc(F)c1)c1nnc2n1C[C@H]1CN(CC3CCCCC3)C[C@H]1C2. The van der Waals surface area contributed by atoms with Crippen LogP contribution in [0.3, 0.4) is 0 Å². The van der Waals surface area contributed by atoms with E-state index in [2.05, 4.69) is 20.4 Å². The number of carbonyl (C=O) groups excluding carboxylic acids is 1. The van der Waals surface area contributed by atoms with E-state index in [4.69, 9.17) is 0 Å². The molecule has 6 nitrogen and oxygen atoms in total. The molecule has 1 N–H and O–H groups in total. The lowest BCUT2D eigenvalue weighted by atomic mass is 9.89. The first-order valence-electron chi connectivity index (χ1n) is 10.9. The van der Waals surface area contributed by atoms with Crippen molar-refractivity contribution in [2.24, 2.45) is 17.8 Å². The lowest BCUT2D eigenvalue weighted by Gasteiger charge is -2.26. The maximum Gasteiger partial charge on any atom is 0.293 e. The van der Waals surface area contributed by atoms with Crippen LogP contribution in [-0.2, 0) is 13.0 Å². The molecule has 2 atom stereocenters. The number of likely N-dealkylation sites (tertiary alicyclic amines) is 1. The van der Waals surface area contributed by atoms with E-state index < -0.39 is 0 Å². The number of rotatable bonds is 4. The Labute approximate surface area is 170 Å². The highest BCUT2D eigenvalue weighted by Gasteiger charge is 2.39. The monoisotopic (exact) mass is 397 g/mol. The van der Waals surface area contributed by atoms with Gasteiger partial charge in [0.25, 0.3) is 5.91 Å². The summed E-state index contributed by atoms with van der Waals surface area (Å²) in [5.41, 5.74) is 0.431. The van der Waals surface area contributed by atoms with Crippen molar-refractivity contribution in [3.05, 3.63) is 41.7 Å². The molecule has 0 radical (unpaired) electrons. The summed E-state index contributed by atoms with van der Waals surface area (Å²) in [5, 5.41) is 11.2. The second-order valence-corrected chi connectivity index (χ2v) is 8.96. The largest absolute Gasteiger partial charge is 0.319 e. The third-order valence-corrected chi connectivity index (χ3v) is 6.87. The quantitative estimate of drug-likeness (QED) is 0.859. The topological polar surface area (TPSA) is 63.1 Å². The molecule has 3 heterocycles. The molecule has 1 saturated carbocycles. The smallest absolute Gasteiger partial charge is 0.293 e. The highest BCUT2D eigenvalue weighted by molar-refractivity contribution is 6.01. The average Bonchev–Trinajstić information content (AvgIpc) is 3.29. The van der Waals surface area contributed by atoms with Gasteiger partial charge in [0, 0.05) is 38.3 Å². The van der Waals surface area contributed by atoms with Crippen LogP contribution < -0.4 is 5.32 Å². The molecule has 3 aliphatic rings. The summed E-state index contributed by atoms with van der Waals surface area (Å²) in [4.78, 5) is 15.3.